The average Bonchev–Trinajstić information content (AvgIpc) is 2.17. The van der Waals surface area contributed by atoms with Crippen molar-refractivity contribution in [3.63, 3.8) is 0 Å². The van der Waals surface area contributed by atoms with Crippen molar-refractivity contribution in [2.75, 3.05) is 5.32 Å². The van der Waals surface area contributed by atoms with Gasteiger partial charge in [-0.05, 0) is 24.1 Å². The molecule has 0 radical (unpaired) electrons. The fourth-order valence-corrected chi connectivity index (χ4v) is 1.33. The lowest BCUT2D eigenvalue weighted by Gasteiger charge is -2.05. The summed E-state index contributed by atoms with van der Waals surface area (Å²) in [5.74, 6) is 0.0263. The highest BCUT2D eigenvalue weighted by atomic mass is 79.9. The van der Waals surface area contributed by atoms with E-state index in [4.69, 9.17) is 11.5 Å². The highest BCUT2D eigenvalue weighted by Crippen LogP contribution is 2.21. The van der Waals surface area contributed by atoms with E-state index >= 15 is 0 Å². The Labute approximate surface area is 94.4 Å². The molecule has 1 amide bonds. The first-order valence-corrected chi connectivity index (χ1v) is 4.64. The van der Waals surface area contributed by atoms with E-state index in [9.17, 15) is 9.59 Å². The van der Waals surface area contributed by atoms with Gasteiger partial charge in [-0.25, -0.2) is 4.79 Å². The topological polar surface area (TPSA) is 66.4 Å². The van der Waals surface area contributed by atoms with Crippen LogP contribution >= 0.6 is 15.9 Å². The molecule has 0 unspecified atom stereocenters. The normalized spacial score (nSPS) is 9.07. The number of carboxylic acid groups (broad SMARTS) is 1. The fraction of sp³-hybridized carbons (Fsp3) is 0. The molecule has 5 heteroatoms. The first-order valence-electron chi connectivity index (χ1n) is 3.85. The van der Waals surface area contributed by atoms with Crippen LogP contribution in [0.3, 0.4) is 0 Å². The molecule has 0 aromatic heterocycles. The van der Waals surface area contributed by atoms with Crippen LogP contribution in [0, 0.1) is 12.3 Å². The van der Waals surface area contributed by atoms with Crippen molar-refractivity contribution < 1.29 is 14.7 Å². The van der Waals surface area contributed by atoms with Gasteiger partial charge in [-0.1, -0.05) is 15.9 Å². The Hall–Kier alpha value is -1.80. The number of carboxylic acids is 1. The first-order chi connectivity index (χ1) is 7.04. The van der Waals surface area contributed by atoms with Crippen molar-refractivity contribution in [1.82, 2.24) is 0 Å². The largest absolute Gasteiger partial charge is 0.478 e. The maximum absolute atomic E-state index is 10.9. The lowest BCUT2D eigenvalue weighted by molar-refractivity contribution is -0.111. The highest BCUT2D eigenvalue weighted by Gasteiger charge is 2.11. The first kappa shape index (κ1) is 11.3. The predicted octanol–water partition coefficient (Wildman–Crippen LogP) is 1.72. The summed E-state index contributed by atoms with van der Waals surface area (Å²) in [6, 6.07) is 4.41. The summed E-state index contributed by atoms with van der Waals surface area (Å²) < 4.78 is 0.653. The van der Waals surface area contributed by atoms with E-state index in [1.165, 1.54) is 12.1 Å². The van der Waals surface area contributed by atoms with Gasteiger partial charge in [0, 0.05) is 4.47 Å². The number of amides is 1. The number of rotatable bonds is 2. The Bertz CT molecular complexity index is 462. The van der Waals surface area contributed by atoms with E-state index in [1.54, 1.807) is 6.07 Å². The number of terminal acetylenes is 1. The molecule has 2 N–H and O–H groups in total. The van der Waals surface area contributed by atoms with Crippen LogP contribution < -0.4 is 5.32 Å². The van der Waals surface area contributed by atoms with Crippen molar-refractivity contribution >= 4 is 33.5 Å². The molecule has 4 nitrogen and oxygen atoms in total. The highest BCUT2D eigenvalue weighted by molar-refractivity contribution is 9.10. The van der Waals surface area contributed by atoms with E-state index in [0.717, 1.165) is 0 Å². The van der Waals surface area contributed by atoms with Crippen molar-refractivity contribution in [3.05, 3.63) is 28.2 Å². The molecular weight excluding hydrogens is 262 g/mol. The van der Waals surface area contributed by atoms with Gasteiger partial charge in [0.25, 0.3) is 5.91 Å². The molecule has 0 heterocycles. The maximum Gasteiger partial charge on any atom is 0.337 e. The van der Waals surface area contributed by atoms with Gasteiger partial charge < -0.3 is 10.4 Å². The Balaban J connectivity index is 3.14. The number of nitrogens with one attached hydrogen (secondary N) is 1. The molecule has 1 rings (SSSR count). The predicted molar refractivity (Wildman–Crippen MR) is 58.6 cm³/mol. The summed E-state index contributed by atoms with van der Waals surface area (Å²) >= 11 is 3.16. The minimum Gasteiger partial charge on any atom is -0.478 e. The molecule has 0 aliphatic heterocycles. The molecule has 0 fully saturated rings. The molecule has 0 aliphatic carbocycles. The quantitative estimate of drug-likeness (QED) is 0.802. The van der Waals surface area contributed by atoms with Gasteiger partial charge in [0.15, 0.2) is 0 Å². The van der Waals surface area contributed by atoms with Crippen LogP contribution in [0.1, 0.15) is 10.4 Å². The third kappa shape index (κ3) is 2.82. The van der Waals surface area contributed by atoms with Crippen LogP contribution in [0.15, 0.2) is 22.7 Å². The zero-order valence-electron chi connectivity index (χ0n) is 7.45. The average molecular weight is 268 g/mol. The summed E-state index contributed by atoms with van der Waals surface area (Å²) in [6.45, 7) is 0. The van der Waals surface area contributed by atoms with E-state index in [2.05, 4.69) is 21.2 Å². The van der Waals surface area contributed by atoms with Crippen LogP contribution in [0.4, 0.5) is 5.69 Å². The minimum atomic E-state index is -1.13. The van der Waals surface area contributed by atoms with Gasteiger partial charge in [0.1, 0.15) is 0 Å². The number of anilines is 1. The van der Waals surface area contributed by atoms with Crippen molar-refractivity contribution in [2.45, 2.75) is 0 Å². The Morgan fingerprint density at radius 2 is 2.13 bits per heavy atom. The van der Waals surface area contributed by atoms with Gasteiger partial charge in [0.2, 0.25) is 0 Å². The van der Waals surface area contributed by atoms with Crippen LogP contribution in [0.25, 0.3) is 0 Å². The lowest BCUT2D eigenvalue weighted by atomic mass is 10.2. The Kier molecular flexibility index (Phi) is 3.47. The molecular formula is C10H6BrNO3. The van der Waals surface area contributed by atoms with Crippen LogP contribution in [-0.4, -0.2) is 17.0 Å². The van der Waals surface area contributed by atoms with Gasteiger partial charge in [-0.2, -0.15) is 0 Å². The summed E-state index contributed by atoms with van der Waals surface area (Å²) in [7, 11) is 0. The SMILES string of the molecule is C#CC(=O)Nc1cc(Br)ccc1C(=O)O. The van der Waals surface area contributed by atoms with Crippen molar-refractivity contribution in [2.24, 2.45) is 0 Å². The zero-order chi connectivity index (χ0) is 11.4. The maximum atomic E-state index is 10.9. The van der Waals surface area contributed by atoms with E-state index < -0.39 is 11.9 Å². The Morgan fingerprint density at radius 3 is 2.67 bits per heavy atom. The zero-order valence-corrected chi connectivity index (χ0v) is 9.04. The van der Waals surface area contributed by atoms with E-state index in [1.807, 2.05) is 5.92 Å². The summed E-state index contributed by atoms with van der Waals surface area (Å²) in [6.07, 6.45) is 4.86. The fourth-order valence-electron chi connectivity index (χ4n) is 0.965. The van der Waals surface area contributed by atoms with Crippen LogP contribution in [-0.2, 0) is 4.79 Å². The van der Waals surface area contributed by atoms with Gasteiger partial charge in [-0.3, -0.25) is 4.79 Å². The van der Waals surface area contributed by atoms with Gasteiger partial charge >= 0.3 is 5.97 Å². The van der Waals surface area contributed by atoms with Gasteiger partial charge in [0.05, 0.1) is 11.3 Å². The third-order valence-electron chi connectivity index (χ3n) is 1.59. The summed E-state index contributed by atoms with van der Waals surface area (Å²) in [5.41, 5.74) is 0.154. The standard InChI is InChI=1S/C10H6BrNO3/c1-2-9(13)12-8-5-6(11)3-4-7(8)10(14)15/h1,3-5H,(H,12,13)(H,14,15). The molecule has 0 aliphatic rings. The molecule has 0 saturated heterocycles. The number of carbonyl (C=O) groups excluding carboxylic acids is 1. The number of aromatic carboxylic acids is 1. The smallest absolute Gasteiger partial charge is 0.337 e. The summed E-state index contributed by atoms with van der Waals surface area (Å²) in [4.78, 5) is 21.7. The second kappa shape index (κ2) is 4.62. The molecule has 0 spiro atoms. The molecule has 15 heavy (non-hydrogen) atoms. The number of halogens is 1. The van der Waals surface area contributed by atoms with Crippen molar-refractivity contribution in [3.8, 4) is 12.3 Å². The monoisotopic (exact) mass is 267 g/mol. The summed E-state index contributed by atoms with van der Waals surface area (Å²) in [5, 5.41) is 11.1. The lowest BCUT2D eigenvalue weighted by Crippen LogP contribution is -2.12. The number of carbonyl (C=O) groups is 2. The second-order valence-corrected chi connectivity index (χ2v) is 3.51. The molecule has 76 valence electrons. The molecule has 0 bridgehead atoms. The molecule has 0 atom stereocenters. The number of hydrogen-bond acceptors (Lipinski definition) is 2. The van der Waals surface area contributed by atoms with Crippen LogP contribution in [0.2, 0.25) is 0 Å². The molecule has 1 aromatic carbocycles. The van der Waals surface area contributed by atoms with E-state index in [-0.39, 0.29) is 11.3 Å². The van der Waals surface area contributed by atoms with Crippen LogP contribution in [0.5, 0.6) is 0 Å². The third-order valence-corrected chi connectivity index (χ3v) is 2.08. The van der Waals surface area contributed by atoms with Gasteiger partial charge in [-0.15, -0.1) is 6.42 Å². The Morgan fingerprint density at radius 1 is 1.47 bits per heavy atom. The van der Waals surface area contributed by atoms with E-state index in [0.29, 0.717) is 4.47 Å². The molecule has 0 saturated carbocycles. The van der Waals surface area contributed by atoms with Crippen molar-refractivity contribution in [1.29, 1.82) is 0 Å². The second-order valence-electron chi connectivity index (χ2n) is 2.59. The number of benzene rings is 1. The number of hydrogen-bond donors (Lipinski definition) is 2. The minimum absolute atomic E-state index is 0.0122. The molecule has 1 aromatic rings.